The monoisotopic (exact) mass is 558 g/mol. The van der Waals surface area contributed by atoms with Crippen LogP contribution in [0.2, 0.25) is 0 Å². The van der Waals surface area contributed by atoms with Crippen molar-refractivity contribution >= 4 is 34.4 Å². The number of rotatable bonds is 9. The van der Waals surface area contributed by atoms with E-state index in [-0.39, 0.29) is 30.1 Å². The molecule has 3 amide bonds. The van der Waals surface area contributed by atoms with Crippen molar-refractivity contribution in [2.24, 2.45) is 17.8 Å². The molecule has 10 heteroatoms. The van der Waals surface area contributed by atoms with Gasteiger partial charge in [0.15, 0.2) is 5.78 Å². The quantitative estimate of drug-likeness (QED) is 0.318. The van der Waals surface area contributed by atoms with Crippen LogP contribution in [0.25, 0.3) is 10.9 Å². The zero-order valence-electron chi connectivity index (χ0n) is 22.7. The number of aliphatic hydroxyl groups is 1. The van der Waals surface area contributed by atoms with Gasteiger partial charge in [-0.15, -0.1) is 0 Å². The average Bonchev–Trinajstić information content (AvgIpc) is 3.77. The van der Waals surface area contributed by atoms with Crippen LogP contribution in [-0.2, 0) is 14.4 Å². The number of Topliss-reactive ketones (excluding diaryl/α,β-unsaturated/α-hetero) is 1. The molecule has 10 nitrogen and oxygen atoms in total. The number of amides is 3. The Kier molecular flexibility index (Phi) is 7.49. The molecule has 41 heavy (non-hydrogen) atoms. The zero-order chi connectivity index (χ0) is 28.5. The predicted molar refractivity (Wildman–Crippen MR) is 150 cm³/mol. The number of ether oxygens (including phenoxy) is 1. The number of benzene rings is 2. The Hall–Kier alpha value is -4.18. The number of fused-ring (bicyclic) bond motifs is 2. The number of para-hydroxylation sites is 1. The Morgan fingerprint density at radius 1 is 1.07 bits per heavy atom. The maximum absolute atomic E-state index is 13.9. The van der Waals surface area contributed by atoms with Gasteiger partial charge in [0.25, 0.3) is 5.91 Å². The number of ketones is 1. The fourth-order valence-electron chi connectivity index (χ4n) is 6.74. The molecule has 6 rings (SSSR count). The second-order valence-corrected chi connectivity index (χ2v) is 11.3. The topological polar surface area (TPSA) is 141 Å². The molecule has 0 unspecified atom stereocenters. The first-order chi connectivity index (χ1) is 19.9. The van der Waals surface area contributed by atoms with Gasteiger partial charge in [0.2, 0.25) is 11.8 Å². The maximum Gasteiger partial charge on any atom is 0.271 e. The Balaban J connectivity index is 1.25. The first kappa shape index (κ1) is 27.0. The van der Waals surface area contributed by atoms with Crippen molar-refractivity contribution in [1.29, 1.82) is 0 Å². The highest BCUT2D eigenvalue weighted by Crippen LogP contribution is 2.43. The molecule has 3 heterocycles. The van der Waals surface area contributed by atoms with E-state index in [1.165, 1.54) is 0 Å². The third-order valence-corrected chi connectivity index (χ3v) is 8.79. The van der Waals surface area contributed by atoms with Gasteiger partial charge < -0.3 is 30.4 Å². The van der Waals surface area contributed by atoms with E-state index in [1.54, 1.807) is 11.0 Å². The number of hydrogen-bond acceptors (Lipinski definition) is 6. The highest BCUT2D eigenvalue weighted by molar-refractivity contribution is 6.02. The lowest BCUT2D eigenvalue weighted by atomic mass is 9.92. The summed E-state index contributed by atoms with van der Waals surface area (Å²) in [6.45, 7) is 0.240. The molecule has 2 aromatic carbocycles. The van der Waals surface area contributed by atoms with E-state index in [4.69, 9.17) is 4.74 Å². The Bertz CT molecular complexity index is 1470. The third kappa shape index (κ3) is 5.31. The van der Waals surface area contributed by atoms with E-state index >= 15 is 0 Å². The molecule has 3 aromatic rings. The van der Waals surface area contributed by atoms with E-state index in [0.29, 0.717) is 36.7 Å². The molecule has 5 atom stereocenters. The summed E-state index contributed by atoms with van der Waals surface area (Å²) in [5, 5.41) is 15.9. The number of aromatic amines is 1. The van der Waals surface area contributed by atoms with Gasteiger partial charge in [-0.2, -0.15) is 0 Å². The first-order valence-corrected chi connectivity index (χ1v) is 14.3. The van der Waals surface area contributed by atoms with Crippen molar-refractivity contribution in [2.45, 2.75) is 44.2 Å². The number of aromatic nitrogens is 1. The summed E-state index contributed by atoms with van der Waals surface area (Å²) in [4.78, 5) is 57.3. The smallest absolute Gasteiger partial charge is 0.271 e. The lowest BCUT2D eigenvalue weighted by molar-refractivity contribution is -0.133. The molecule has 2 aliphatic heterocycles. The number of likely N-dealkylation sites (tertiary alicyclic amines) is 1. The minimum absolute atomic E-state index is 0.0139. The average molecular weight is 559 g/mol. The summed E-state index contributed by atoms with van der Waals surface area (Å²) in [6.07, 6.45) is 3.42. The number of hydrogen-bond donors (Lipinski definition) is 4. The van der Waals surface area contributed by atoms with Gasteiger partial charge in [-0.05, 0) is 67.9 Å². The van der Waals surface area contributed by atoms with Crippen LogP contribution in [0.3, 0.4) is 0 Å². The molecule has 1 saturated carbocycles. The number of nitrogens with one attached hydrogen (secondary N) is 3. The molecule has 1 aromatic heterocycles. The van der Waals surface area contributed by atoms with E-state index < -0.39 is 36.3 Å². The van der Waals surface area contributed by atoms with Crippen molar-refractivity contribution in [1.82, 2.24) is 20.5 Å². The standard InChI is InChI=1S/C31H34N4O6/c36-17-26(37)24(14-18-12-13-32-29(18)38)34-30(39)28-21-9-4-6-19(21)16-35(28)31(40)25-15-22-23(33-25)10-5-11-27(22)41-20-7-2-1-3-8-20/h1-3,5,7-8,10-11,15,18-19,21,24,28,33,36H,4,6,9,12-14,16-17H2,(H,32,38)(H,34,39)/t18-,19-,21-,24-,28-/m0/s1. The molecular weight excluding hydrogens is 524 g/mol. The van der Waals surface area contributed by atoms with Crippen LogP contribution in [0, 0.1) is 17.8 Å². The summed E-state index contributed by atoms with van der Waals surface area (Å²) >= 11 is 0. The second-order valence-electron chi connectivity index (χ2n) is 11.3. The summed E-state index contributed by atoms with van der Waals surface area (Å²) in [6, 6.07) is 15.0. The fraction of sp³-hybridized carbons (Fsp3) is 0.419. The van der Waals surface area contributed by atoms with Crippen molar-refractivity contribution in [3.63, 3.8) is 0 Å². The van der Waals surface area contributed by atoms with Gasteiger partial charge >= 0.3 is 0 Å². The SMILES string of the molecule is O=C1NCC[C@H]1C[C@H](NC(=O)[C@@H]1[C@H]2CCC[C@H]2CN1C(=O)c1cc2c(Oc3ccccc3)cccc2[nH]1)C(=O)CO. The van der Waals surface area contributed by atoms with Crippen molar-refractivity contribution in [2.75, 3.05) is 19.7 Å². The Labute approximate surface area is 237 Å². The molecule has 2 saturated heterocycles. The number of aliphatic hydroxyl groups excluding tert-OH is 1. The molecule has 0 radical (unpaired) electrons. The summed E-state index contributed by atoms with van der Waals surface area (Å²) < 4.78 is 6.08. The molecular formula is C31H34N4O6. The minimum atomic E-state index is -0.996. The van der Waals surface area contributed by atoms with Crippen LogP contribution in [0.15, 0.2) is 54.6 Å². The summed E-state index contributed by atoms with van der Waals surface area (Å²) in [5.74, 6) is -0.336. The van der Waals surface area contributed by atoms with Crippen LogP contribution in [0.4, 0.5) is 0 Å². The fourth-order valence-corrected chi connectivity index (χ4v) is 6.74. The van der Waals surface area contributed by atoms with Gasteiger partial charge in [-0.1, -0.05) is 30.7 Å². The van der Waals surface area contributed by atoms with Gasteiger partial charge in [0.05, 0.1) is 6.04 Å². The van der Waals surface area contributed by atoms with Crippen LogP contribution in [-0.4, -0.2) is 70.3 Å². The van der Waals surface area contributed by atoms with E-state index in [0.717, 1.165) is 30.2 Å². The summed E-state index contributed by atoms with van der Waals surface area (Å²) in [7, 11) is 0. The first-order valence-electron chi connectivity index (χ1n) is 14.3. The number of carbonyl (C=O) groups excluding carboxylic acids is 4. The van der Waals surface area contributed by atoms with Gasteiger partial charge in [-0.25, -0.2) is 0 Å². The van der Waals surface area contributed by atoms with E-state index in [2.05, 4.69) is 15.6 Å². The molecule has 0 spiro atoms. The minimum Gasteiger partial charge on any atom is -0.457 e. The molecule has 3 fully saturated rings. The van der Waals surface area contributed by atoms with Crippen LogP contribution < -0.4 is 15.4 Å². The van der Waals surface area contributed by atoms with Gasteiger partial charge in [-0.3, -0.25) is 19.2 Å². The molecule has 0 bridgehead atoms. The highest BCUT2D eigenvalue weighted by Gasteiger charge is 2.50. The Morgan fingerprint density at radius 2 is 1.90 bits per heavy atom. The lowest BCUT2D eigenvalue weighted by Crippen LogP contribution is -2.53. The number of nitrogens with zero attached hydrogens (tertiary/aromatic N) is 1. The number of H-pyrrole nitrogens is 1. The number of carbonyl (C=O) groups is 4. The normalized spacial score (nSPS) is 24.2. The molecule has 214 valence electrons. The third-order valence-electron chi connectivity index (χ3n) is 8.79. The van der Waals surface area contributed by atoms with Gasteiger partial charge in [0.1, 0.15) is 29.8 Å². The van der Waals surface area contributed by atoms with Gasteiger partial charge in [0, 0.05) is 29.9 Å². The van der Waals surface area contributed by atoms with Crippen molar-refractivity contribution in [3.8, 4) is 11.5 Å². The Morgan fingerprint density at radius 3 is 2.66 bits per heavy atom. The molecule has 4 N–H and O–H groups in total. The van der Waals surface area contributed by atoms with Crippen LogP contribution in [0.1, 0.15) is 42.6 Å². The van der Waals surface area contributed by atoms with Crippen LogP contribution >= 0.6 is 0 Å². The lowest BCUT2D eigenvalue weighted by Gasteiger charge is -2.29. The highest BCUT2D eigenvalue weighted by atomic mass is 16.5. The predicted octanol–water partition coefficient (Wildman–Crippen LogP) is 2.77. The second kappa shape index (κ2) is 11.4. The zero-order valence-corrected chi connectivity index (χ0v) is 22.7. The molecule has 1 aliphatic carbocycles. The van der Waals surface area contributed by atoms with Crippen molar-refractivity contribution < 1.29 is 29.0 Å². The van der Waals surface area contributed by atoms with Crippen LogP contribution in [0.5, 0.6) is 11.5 Å². The largest absolute Gasteiger partial charge is 0.457 e. The van der Waals surface area contributed by atoms with Crippen molar-refractivity contribution in [3.05, 3.63) is 60.3 Å². The maximum atomic E-state index is 13.9. The molecule has 3 aliphatic rings. The van der Waals surface area contributed by atoms with E-state index in [1.807, 2.05) is 48.5 Å². The summed E-state index contributed by atoms with van der Waals surface area (Å²) in [5.41, 5.74) is 1.10. The van der Waals surface area contributed by atoms with E-state index in [9.17, 15) is 24.3 Å².